The normalized spacial score (nSPS) is 26.1. The van der Waals surface area contributed by atoms with Gasteiger partial charge in [-0.1, -0.05) is 19.8 Å². The zero-order valence-corrected chi connectivity index (χ0v) is 12.7. The van der Waals surface area contributed by atoms with Gasteiger partial charge in [-0.3, -0.25) is 9.59 Å². The van der Waals surface area contributed by atoms with Crippen LogP contribution in [0.3, 0.4) is 0 Å². The molecule has 2 fully saturated rings. The monoisotopic (exact) mass is 298 g/mol. The van der Waals surface area contributed by atoms with E-state index in [1.807, 2.05) is 6.92 Å². The van der Waals surface area contributed by atoms with E-state index in [9.17, 15) is 14.7 Å². The minimum atomic E-state index is -0.879. The summed E-state index contributed by atoms with van der Waals surface area (Å²) in [6.07, 6.45) is 5.53. The van der Waals surface area contributed by atoms with Crippen molar-refractivity contribution in [3.63, 3.8) is 0 Å². The van der Waals surface area contributed by atoms with Gasteiger partial charge >= 0.3 is 5.97 Å². The minimum absolute atomic E-state index is 0.00880. The van der Waals surface area contributed by atoms with Crippen molar-refractivity contribution in [2.45, 2.75) is 51.1 Å². The second-order valence-corrected chi connectivity index (χ2v) is 6.00. The summed E-state index contributed by atoms with van der Waals surface area (Å²) in [5, 5.41) is 12.6. The van der Waals surface area contributed by atoms with E-state index in [4.69, 9.17) is 4.74 Å². The van der Waals surface area contributed by atoms with Crippen LogP contribution in [0.5, 0.6) is 0 Å². The third-order valence-corrected chi connectivity index (χ3v) is 4.45. The largest absolute Gasteiger partial charge is 0.481 e. The molecule has 2 N–H and O–H groups in total. The zero-order valence-electron chi connectivity index (χ0n) is 12.7. The maximum Gasteiger partial charge on any atom is 0.311 e. The summed E-state index contributed by atoms with van der Waals surface area (Å²) in [5.41, 5.74) is 0. The van der Waals surface area contributed by atoms with Crippen LogP contribution in [0, 0.1) is 5.92 Å². The van der Waals surface area contributed by atoms with Gasteiger partial charge in [0.05, 0.1) is 25.8 Å². The molecule has 6 nitrogen and oxygen atoms in total. The van der Waals surface area contributed by atoms with Crippen LogP contribution in [0.25, 0.3) is 0 Å². The van der Waals surface area contributed by atoms with Crippen molar-refractivity contribution in [3.05, 3.63) is 0 Å². The Morgan fingerprint density at radius 2 is 2.00 bits per heavy atom. The molecule has 1 aliphatic carbocycles. The average molecular weight is 298 g/mol. The first-order valence-electron chi connectivity index (χ1n) is 7.97. The quantitative estimate of drug-likeness (QED) is 0.729. The molecule has 0 aromatic carbocycles. The minimum Gasteiger partial charge on any atom is -0.481 e. The number of carbonyl (C=O) groups is 2. The van der Waals surface area contributed by atoms with Gasteiger partial charge in [-0.05, 0) is 19.3 Å². The zero-order chi connectivity index (χ0) is 15.2. The van der Waals surface area contributed by atoms with Crippen LogP contribution in [0.2, 0.25) is 0 Å². The average Bonchev–Trinajstić information content (AvgIpc) is 3.12. The number of ether oxygens (including phenoxy) is 1. The van der Waals surface area contributed by atoms with Gasteiger partial charge in [-0.25, -0.2) is 0 Å². The number of aliphatic carboxylic acids is 1. The fourth-order valence-electron chi connectivity index (χ4n) is 3.27. The number of carboxylic acid groups (broad SMARTS) is 1. The Morgan fingerprint density at radius 3 is 2.62 bits per heavy atom. The van der Waals surface area contributed by atoms with E-state index in [0.717, 1.165) is 19.3 Å². The van der Waals surface area contributed by atoms with Crippen molar-refractivity contribution in [1.29, 1.82) is 0 Å². The maximum absolute atomic E-state index is 12.5. The first-order valence-corrected chi connectivity index (χ1v) is 7.97. The number of carboxylic acids is 1. The molecule has 2 rings (SSSR count). The van der Waals surface area contributed by atoms with Crippen molar-refractivity contribution in [3.8, 4) is 0 Å². The van der Waals surface area contributed by atoms with Crippen LogP contribution < -0.4 is 5.32 Å². The number of amides is 1. The predicted molar refractivity (Wildman–Crippen MR) is 78.0 cm³/mol. The van der Waals surface area contributed by atoms with E-state index in [-0.39, 0.29) is 18.6 Å². The lowest BCUT2D eigenvalue weighted by atomic mass is 10.0. The number of hydrogen-bond donors (Lipinski definition) is 2. The molecule has 120 valence electrons. The topological polar surface area (TPSA) is 78.9 Å². The van der Waals surface area contributed by atoms with Crippen molar-refractivity contribution in [2.24, 2.45) is 5.92 Å². The molecule has 0 aromatic heterocycles. The lowest BCUT2D eigenvalue weighted by molar-refractivity contribution is -0.145. The summed E-state index contributed by atoms with van der Waals surface area (Å²) < 4.78 is 5.29. The van der Waals surface area contributed by atoms with Gasteiger partial charge < -0.3 is 20.1 Å². The molecule has 1 saturated heterocycles. The molecule has 6 heteroatoms. The van der Waals surface area contributed by atoms with E-state index >= 15 is 0 Å². The van der Waals surface area contributed by atoms with Gasteiger partial charge in [-0.15, -0.1) is 0 Å². The first-order chi connectivity index (χ1) is 10.1. The molecule has 2 unspecified atom stereocenters. The summed E-state index contributed by atoms with van der Waals surface area (Å²) in [6, 6.07) is 0.104. The maximum atomic E-state index is 12.5. The predicted octanol–water partition coefficient (Wildman–Crippen LogP) is 0.857. The van der Waals surface area contributed by atoms with Crippen LogP contribution in [0.15, 0.2) is 0 Å². The summed E-state index contributed by atoms with van der Waals surface area (Å²) in [7, 11) is 0. The highest BCUT2D eigenvalue weighted by Gasteiger charge is 2.39. The summed E-state index contributed by atoms with van der Waals surface area (Å²) in [4.78, 5) is 25.4. The second-order valence-electron chi connectivity index (χ2n) is 6.00. The number of rotatable bonds is 7. The second kappa shape index (κ2) is 7.75. The highest BCUT2D eigenvalue weighted by atomic mass is 16.5. The van der Waals surface area contributed by atoms with Gasteiger partial charge in [0.1, 0.15) is 5.92 Å². The van der Waals surface area contributed by atoms with Crippen LogP contribution in [0.1, 0.15) is 39.0 Å². The lowest BCUT2D eigenvalue weighted by Gasteiger charge is -2.30. The fraction of sp³-hybridized carbons (Fsp3) is 0.867. The SMILES string of the molecule is CCCN(C(=O)CNC1CCCC1)C1COCC1C(=O)O. The summed E-state index contributed by atoms with van der Waals surface area (Å²) in [6.45, 7) is 3.41. The van der Waals surface area contributed by atoms with E-state index in [0.29, 0.717) is 25.7 Å². The highest BCUT2D eigenvalue weighted by molar-refractivity contribution is 5.80. The number of hydrogen-bond acceptors (Lipinski definition) is 4. The van der Waals surface area contributed by atoms with E-state index in [2.05, 4.69) is 5.32 Å². The van der Waals surface area contributed by atoms with Crippen molar-refractivity contribution in [1.82, 2.24) is 10.2 Å². The van der Waals surface area contributed by atoms with E-state index in [1.165, 1.54) is 12.8 Å². The first kappa shape index (κ1) is 16.2. The van der Waals surface area contributed by atoms with Gasteiger partial charge in [-0.2, -0.15) is 0 Å². The molecule has 1 heterocycles. The number of nitrogens with zero attached hydrogens (tertiary/aromatic N) is 1. The van der Waals surface area contributed by atoms with Crippen LogP contribution in [0.4, 0.5) is 0 Å². The molecule has 0 spiro atoms. The molecule has 0 aromatic rings. The summed E-state index contributed by atoms with van der Waals surface area (Å²) in [5.74, 6) is -1.49. The standard InChI is InChI=1S/C15H26N2O4/c1-2-7-17(13-10-21-9-12(13)15(19)20)14(18)8-16-11-5-3-4-6-11/h11-13,16H,2-10H2,1H3,(H,19,20). The number of carbonyl (C=O) groups excluding carboxylic acids is 1. The molecule has 1 amide bonds. The Kier molecular flexibility index (Phi) is 5.99. The lowest BCUT2D eigenvalue weighted by Crippen LogP contribution is -2.50. The molecule has 21 heavy (non-hydrogen) atoms. The van der Waals surface area contributed by atoms with Crippen LogP contribution in [-0.2, 0) is 14.3 Å². The number of nitrogens with one attached hydrogen (secondary N) is 1. The van der Waals surface area contributed by atoms with Crippen molar-refractivity contribution in [2.75, 3.05) is 26.3 Å². The van der Waals surface area contributed by atoms with Gasteiger partial charge in [0.2, 0.25) is 5.91 Å². The molecule has 2 aliphatic rings. The Bertz CT molecular complexity index is 369. The van der Waals surface area contributed by atoms with Crippen LogP contribution in [-0.4, -0.2) is 60.3 Å². The van der Waals surface area contributed by atoms with Gasteiger partial charge in [0.15, 0.2) is 0 Å². The Labute approximate surface area is 125 Å². The molecule has 2 atom stereocenters. The van der Waals surface area contributed by atoms with Crippen molar-refractivity contribution < 1.29 is 19.4 Å². The highest BCUT2D eigenvalue weighted by Crippen LogP contribution is 2.21. The molecule has 1 aliphatic heterocycles. The van der Waals surface area contributed by atoms with Gasteiger partial charge in [0, 0.05) is 12.6 Å². The van der Waals surface area contributed by atoms with Crippen molar-refractivity contribution >= 4 is 11.9 Å². The van der Waals surface area contributed by atoms with E-state index < -0.39 is 11.9 Å². The smallest absolute Gasteiger partial charge is 0.311 e. The third-order valence-electron chi connectivity index (χ3n) is 4.45. The molecular formula is C15H26N2O4. The molecule has 0 radical (unpaired) electrons. The molecule has 0 bridgehead atoms. The fourth-order valence-corrected chi connectivity index (χ4v) is 3.27. The van der Waals surface area contributed by atoms with Crippen LogP contribution >= 0.6 is 0 Å². The third kappa shape index (κ3) is 4.17. The Balaban J connectivity index is 1.93. The Hall–Kier alpha value is -1.14. The van der Waals surface area contributed by atoms with Gasteiger partial charge in [0.25, 0.3) is 0 Å². The molecular weight excluding hydrogens is 272 g/mol. The molecule has 1 saturated carbocycles. The Morgan fingerprint density at radius 1 is 1.29 bits per heavy atom. The van der Waals surface area contributed by atoms with E-state index in [1.54, 1.807) is 4.90 Å². The summed E-state index contributed by atoms with van der Waals surface area (Å²) >= 11 is 0.